The number of nitrogens with two attached hydrogens (primary N) is 1. The number of nitrogens with one attached hydrogen (secondary N) is 1. The molecular weight excluding hydrogens is 208 g/mol. The van der Waals surface area contributed by atoms with Crippen molar-refractivity contribution in [1.82, 2.24) is 5.32 Å². The van der Waals surface area contributed by atoms with Gasteiger partial charge in [-0.3, -0.25) is 4.79 Å². The van der Waals surface area contributed by atoms with Gasteiger partial charge in [0.1, 0.15) is 5.75 Å². The number of aliphatic hydroxyl groups is 1. The fourth-order valence-electron chi connectivity index (χ4n) is 1.07. The van der Waals surface area contributed by atoms with Crippen molar-refractivity contribution in [3.63, 3.8) is 0 Å². The van der Waals surface area contributed by atoms with Gasteiger partial charge in [0.25, 0.3) is 5.91 Å². The number of carbonyl (C=O) groups is 1. The van der Waals surface area contributed by atoms with Gasteiger partial charge in [-0.15, -0.1) is 0 Å². The van der Waals surface area contributed by atoms with E-state index in [1.165, 1.54) is 0 Å². The summed E-state index contributed by atoms with van der Waals surface area (Å²) in [4.78, 5) is 11.2. The van der Waals surface area contributed by atoms with E-state index in [9.17, 15) is 4.79 Å². The molecule has 1 atom stereocenters. The highest BCUT2D eigenvalue weighted by Gasteiger charge is 2.03. The van der Waals surface area contributed by atoms with E-state index in [1.807, 2.05) is 0 Å². The van der Waals surface area contributed by atoms with Crippen molar-refractivity contribution >= 4 is 11.6 Å². The highest BCUT2D eigenvalue weighted by atomic mass is 16.5. The van der Waals surface area contributed by atoms with Crippen molar-refractivity contribution in [2.75, 3.05) is 18.9 Å². The highest BCUT2D eigenvalue weighted by molar-refractivity contribution is 5.77. The third-order valence-corrected chi connectivity index (χ3v) is 1.82. The van der Waals surface area contributed by atoms with Gasteiger partial charge in [0, 0.05) is 18.3 Å². The summed E-state index contributed by atoms with van der Waals surface area (Å²) in [6.45, 7) is 1.73. The predicted molar refractivity (Wildman–Crippen MR) is 61.0 cm³/mol. The molecule has 0 radical (unpaired) electrons. The lowest BCUT2D eigenvalue weighted by Crippen LogP contribution is -2.34. The summed E-state index contributed by atoms with van der Waals surface area (Å²) in [5.41, 5.74) is 6.13. The number of nitrogen functional groups attached to an aromatic ring is 1. The Hall–Kier alpha value is -1.75. The molecule has 0 bridgehead atoms. The molecule has 0 heterocycles. The number of aliphatic hydroxyl groups excluding tert-OH is 1. The average molecular weight is 224 g/mol. The molecule has 1 amide bonds. The first-order valence-corrected chi connectivity index (χ1v) is 5.01. The molecule has 0 fully saturated rings. The third-order valence-electron chi connectivity index (χ3n) is 1.82. The van der Waals surface area contributed by atoms with Crippen LogP contribution >= 0.6 is 0 Å². The van der Waals surface area contributed by atoms with Crippen LogP contribution in [0.4, 0.5) is 5.69 Å². The molecule has 0 aromatic heterocycles. The lowest BCUT2D eigenvalue weighted by molar-refractivity contribution is -0.123. The van der Waals surface area contributed by atoms with Crippen LogP contribution in [-0.2, 0) is 4.79 Å². The van der Waals surface area contributed by atoms with Crippen LogP contribution in [0.25, 0.3) is 0 Å². The van der Waals surface area contributed by atoms with Crippen molar-refractivity contribution < 1.29 is 14.6 Å². The second kappa shape index (κ2) is 5.97. The maximum atomic E-state index is 11.2. The number of carbonyl (C=O) groups excluding carboxylic acids is 1. The second-order valence-corrected chi connectivity index (χ2v) is 3.51. The Balaban J connectivity index is 2.31. The zero-order chi connectivity index (χ0) is 12.0. The molecule has 16 heavy (non-hydrogen) atoms. The minimum Gasteiger partial charge on any atom is -0.484 e. The normalized spacial score (nSPS) is 11.9. The van der Waals surface area contributed by atoms with Crippen LogP contribution in [-0.4, -0.2) is 30.3 Å². The Morgan fingerprint density at radius 3 is 3.00 bits per heavy atom. The maximum Gasteiger partial charge on any atom is 0.258 e. The molecule has 1 rings (SSSR count). The van der Waals surface area contributed by atoms with E-state index in [4.69, 9.17) is 15.6 Å². The molecule has 5 nitrogen and oxygen atoms in total. The van der Waals surface area contributed by atoms with Gasteiger partial charge in [-0.25, -0.2) is 0 Å². The summed E-state index contributed by atoms with van der Waals surface area (Å²) in [5.74, 6) is 0.274. The fraction of sp³-hybridized carbons (Fsp3) is 0.364. The van der Waals surface area contributed by atoms with Gasteiger partial charge in [-0.2, -0.15) is 0 Å². The van der Waals surface area contributed by atoms with E-state index in [-0.39, 0.29) is 19.1 Å². The van der Waals surface area contributed by atoms with Crippen LogP contribution in [0, 0.1) is 0 Å². The Morgan fingerprint density at radius 1 is 1.62 bits per heavy atom. The van der Waals surface area contributed by atoms with E-state index in [0.717, 1.165) is 0 Å². The first kappa shape index (κ1) is 12.3. The van der Waals surface area contributed by atoms with E-state index < -0.39 is 6.10 Å². The quantitative estimate of drug-likeness (QED) is 0.621. The number of hydrogen-bond donors (Lipinski definition) is 3. The van der Waals surface area contributed by atoms with E-state index in [0.29, 0.717) is 11.4 Å². The predicted octanol–water partition coefficient (Wildman–Crippen LogP) is 0.145. The van der Waals surface area contributed by atoms with Gasteiger partial charge in [0.2, 0.25) is 0 Å². The zero-order valence-corrected chi connectivity index (χ0v) is 9.14. The lowest BCUT2D eigenvalue weighted by Gasteiger charge is -2.08. The Morgan fingerprint density at radius 2 is 2.38 bits per heavy atom. The molecule has 0 aliphatic rings. The first-order chi connectivity index (χ1) is 7.58. The number of benzene rings is 1. The molecule has 88 valence electrons. The van der Waals surface area contributed by atoms with Gasteiger partial charge in [0.05, 0.1) is 6.10 Å². The molecule has 5 heteroatoms. The van der Waals surface area contributed by atoms with Crippen molar-refractivity contribution in [3.8, 4) is 5.75 Å². The fourth-order valence-corrected chi connectivity index (χ4v) is 1.07. The van der Waals surface area contributed by atoms with Crippen LogP contribution in [0.2, 0.25) is 0 Å². The molecule has 0 saturated carbocycles. The molecule has 4 N–H and O–H groups in total. The van der Waals surface area contributed by atoms with Gasteiger partial charge in [0.15, 0.2) is 6.61 Å². The topological polar surface area (TPSA) is 84.6 Å². The molecule has 0 spiro atoms. The molecule has 0 aliphatic carbocycles. The summed E-state index contributed by atoms with van der Waals surface area (Å²) >= 11 is 0. The third kappa shape index (κ3) is 4.65. The minimum absolute atomic E-state index is 0.0871. The van der Waals surface area contributed by atoms with Crippen molar-refractivity contribution in [1.29, 1.82) is 0 Å². The summed E-state index contributed by atoms with van der Waals surface area (Å²) in [6, 6.07) is 6.85. The van der Waals surface area contributed by atoms with Crippen LogP contribution in [0.3, 0.4) is 0 Å². The van der Waals surface area contributed by atoms with Crippen molar-refractivity contribution in [2.45, 2.75) is 13.0 Å². The van der Waals surface area contributed by atoms with E-state index in [1.54, 1.807) is 31.2 Å². The Bertz CT molecular complexity index is 353. The standard InChI is InChI=1S/C11H16N2O3/c1-8(14)6-13-11(15)7-16-10-4-2-3-9(12)5-10/h2-5,8,14H,6-7,12H2,1H3,(H,13,15)/t8-/m1/s1. The van der Waals surface area contributed by atoms with Gasteiger partial charge < -0.3 is 20.9 Å². The maximum absolute atomic E-state index is 11.2. The lowest BCUT2D eigenvalue weighted by atomic mass is 10.3. The van der Waals surface area contributed by atoms with Gasteiger partial charge in [-0.05, 0) is 19.1 Å². The first-order valence-electron chi connectivity index (χ1n) is 5.01. The van der Waals surface area contributed by atoms with Crippen molar-refractivity contribution in [2.24, 2.45) is 0 Å². The molecular formula is C11H16N2O3. The minimum atomic E-state index is -0.559. The van der Waals surface area contributed by atoms with E-state index >= 15 is 0 Å². The highest BCUT2D eigenvalue weighted by Crippen LogP contribution is 2.13. The van der Waals surface area contributed by atoms with Crippen LogP contribution in [0.1, 0.15) is 6.92 Å². The monoisotopic (exact) mass is 224 g/mol. The summed E-state index contributed by atoms with van der Waals surface area (Å²) in [6.07, 6.45) is -0.559. The number of rotatable bonds is 5. The summed E-state index contributed by atoms with van der Waals surface area (Å²) < 4.78 is 5.21. The van der Waals surface area contributed by atoms with Crippen LogP contribution in [0.15, 0.2) is 24.3 Å². The number of hydrogen-bond acceptors (Lipinski definition) is 4. The molecule has 0 saturated heterocycles. The molecule has 1 aromatic carbocycles. The number of ether oxygens (including phenoxy) is 1. The SMILES string of the molecule is C[C@@H](O)CNC(=O)COc1cccc(N)c1. The number of amides is 1. The van der Waals surface area contributed by atoms with E-state index in [2.05, 4.69) is 5.32 Å². The smallest absolute Gasteiger partial charge is 0.258 e. The van der Waals surface area contributed by atoms with Crippen molar-refractivity contribution in [3.05, 3.63) is 24.3 Å². The number of anilines is 1. The average Bonchev–Trinajstić information content (AvgIpc) is 2.23. The summed E-state index contributed by atoms with van der Waals surface area (Å²) in [5, 5.41) is 11.5. The zero-order valence-electron chi connectivity index (χ0n) is 9.14. The molecule has 0 unspecified atom stereocenters. The Labute approximate surface area is 94.2 Å². The van der Waals surface area contributed by atoms with Crippen LogP contribution < -0.4 is 15.8 Å². The molecule has 0 aliphatic heterocycles. The van der Waals surface area contributed by atoms with Crippen LogP contribution in [0.5, 0.6) is 5.75 Å². The van der Waals surface area contributed by atoms with Gasteiger partial charge >= 0.3 is 0 Å². The second-order valence-electron chi connectivity index (χ2n) is 3.51. The Kier molecular flexibility index (Phi) is 4.60. The molecule has 1 aromatic rings. The van der Waals surface area contributed by atoms with Gasteiger partial charge in [-0.1, -0.05) is 6.07 Å². The largest absolute Gasteiger partial charge is 0.484 e. The summed E-state index contributed by atoms with van der Waals surface area (Å²) in [7, 11) is 0.